The smallest absolute Gasteiger partial charge is 0.317 e. The SMILES string of the molecule is CN(CCC(=O)O)C(=O)NCC1C2CC3CC(C2)CC1C3. The average molecular weight is 294 g/mol. The van der Waals surface area contributed by atoms with Crippen molar-refractivity contribution < 1.29 is 14.7 Å². The maximum absolute atomic E-state index is 12.0. The number of hydrogen-bond donors (Lipinski definition) is 2. The Balaban J connectivity index is 1.47. The van der Waals surface area contributed by atoms with E-state index in [1.807, 2.05) is 0 Å². The lowest BCUT2D eigenvalue weighted by Gasteiger charge is -2.54. The summed E-state index contributed by atoms with van der Waals surface area (Å²) in [6, 6.07) is -0.134. The van der Waals surface area contributed by atoms with Crippen molar-refractivity contribution in [3.63, 3.8) is 0 Å². The highest BCUT2D eigenvalue weighted by Crippen LogP contribution is 2.56. The molecule has 0 heterocycles. The first kappa shape index (κ1) is 14.7. The molecule has 0 spiro atoms. The van der Waals surface area contributed by atoms with Crippen LogP contribution in [0.25, 0.3) is 0 Å². The van der Waals surface area contributed by atoms with E-state index in [2.05, 4.69) is 5.32 Å². The number of nitrogens with zero attached hydrogens (tertiary/aromatic N) is 1. The second kappa shape index (κ2) is 5.85. The van der Waals surface area contributed by atoms with Crippen molar-refractivity contribution in [2.75, 3.05) is 20.1 Å². The number of hydrogen-bond acceptors (Lipinski definition) is 2. The first-order chi connectivity index (χ1) is 10.0. The molecule has 4 aliphatic carbocycles. The molecular formula is C16H26N2O3. The summed E-state index contributed by atoms with van der Waals surface area (Å²) in [5, 5.41) is 11.7. The Morgan fingerprint density at radius 3 is 2.19 bits per heavy atom. The molecule has 0 saturated heterocycles. The van der Waals surface area contributed by atoms with Crippen LogP contribution in [-0.4, -0.2) is 42.1 Å². The minimum atomic E-state index is -0.865. The quantitative estimate of drug-likeness (QED) is 0.816. The lowest BCUT2D eigenvalue weighted by atomic mass is 9.52. The van der Waals surface area contributed by atoms with E-state index >= 15 is 0 Å². The van der Waals surface area contributed by atoms with Crippen LogP contribution in [0.3, 0.4) is 0 Å². The van der Waals surface area contributed by atoms with Crippen LogP contribution in [0.4, 0.5) is 4.79 Å². The lowest BCUT2D eigenvalue weighted by Crippen LogP contribution is -2.50. The molecule has 5 heteroatoms. The Hall–Kier alpha value is -1.26. The number of amides is 2. The average Bonchev–Trinajstić information content (AvgIpc) is 2.42. The maximum Gasteiger partial charge on any atom is 0.317 e. The van der Waals surface area contributed by atoms with Gasteiger partial charge in [-0.2, -0.15) is 0 Å². The Morgan fingerprint density at radius 1 is 1.10 bits per heavy atom. The fraction of sp³-hybridized carbons (Fsp3) is 0.875. The number of rotatable bonds is 5. The molecule has 0 aromatic carbocycles. The van der Waals surface area contributed by atoms with E-state index in [9.17, 15) is 9.59 Å². The fourth-order valence-electron chi connectivity index (χ4n) is 5.08. The summed E-state index contributed by atoms with van der Waals surface area (Å²) >= 11 is 0. The summed E-state index contributed by atoms with van der Waals surface area (Å²) in [4.78, 5) is 24.0. The third-order valence-corrected chi connectivity index (χ3v) is 5.92. The molecule has 0 radical (unpaired) electrons. The van der Waals surface area contributed by atoms with E-state index in [1.54, 1.807) is 7.05 Å². The topological polar surface area (TPSA) is 69.6 Å². The van der Waals surface area contributed by atoms with E-state index in [0.717, 1.165) is 30.2 Å². The van der Waals surface area contributed by atoms with Crippen molar-refractivity contribution in [2.45, 2.75) is 38.5 Å². The molecule has 0 aliphatic heterocycles. The first-order valence-corrected chi connectivity index (χ1v) is 8.23. The highest BCUT2D eigenvalue weighted by Gasteiger charge is 2.47. The Kier molecular flexibility index (Phi) is 4.09. The highest BCUT2D eigenvalue weighted by atomic mass is 16.4. The van der Waals surface area contributed by atoms with Gasteiger partial charge in [0.05, 0.1) is 6.42 Å². The Morgan fingerprint density at radius 2 is 1.67 bits per heavy atom. The lowest BCUT2D eigenvalue weighted by molar-refractivity contribution is -0.137. The third kappa shape index (κ3) is 3.16. The van der Waals surface area contributed by atoms with Crippen molar-refractivity contribution in [1.82, 2.24) is 10.2 Å². The normalized spacial score (nSPS) is 36.5. The number of carboxylic acids is 1. The van der Waals surface area contributed by atoms with Crippen LogP contribution < -0.4 is 5.32 Å². The number of aliphatic carboxylic acids is 1. The zero-order chi connectivity index (χ0) is 15.0. The standard InChI is InChI=1S/C16H26N2O3/c1-18(3-2-15(19)20)16(21)17-9-14-12-5-10-4-11(7-12)8-13(14)6-10/h10-14H,2-9H2,1H3,(H,17,21)(H,19,20). The zero-order valence-corrected chi connectivity index (χ0v) is 12.8. The molecule has 4 bridgehead atoms. The van der Waals surface area contributed by atoms with E-state index in [1.165, 1.54) is 37.0 Å². The first-order valence-electron chi connectivity index (χ1n) is 8.23. The summed E-state index contributed by atoms with van der Waals surface area (Å²) in [6.07, 6.45) is 6.90. The molecule has 4 rings (SSSR count). The molecule has 4 fully saturated rings. The molecule has 118 valence electrons. The summed E-state index contributed by atoms with van der Waals surface area (Å²) in [5.41, 5.74) is 0. The van der Waals surface area contributed by atoms with Crippen molar-refractivity contribution in [1.29, 1.82) is 0 Å². The van der Waals surface area contributed by atoms with Crippen LogP contribution in [0.15, 0.2) is 0 Å². The summed E-state index contributed by atoms with van der Waals surface area (Å²) < 4.78 is 0. The van der Waals surface area contributed by atoms with E-state index in [-0.39, 0.29) is 19.0 Å². The number of nitrogens with one attached hydrogen (secondary N) is 1. The third-order valence-electron chi connectivity index (χ3n) is 5.92. The molecular weight excluding hydrogens is 268 g/mol. The maximum atomic E-state index is 12.0. The molecule has 0 aromatic rings. The predicted molar refractivity (Wildman–Crippen MR) is 78.8 cm³/mol. The van der Waals surface area contributed by atoms with Crippen molar-refractivity contribution in [3.8, 4) is 0 Å². The van der Waals surface area contributed by atoms with Gasteiger partial charge in [0.15, 0.2) is 0 Å². The van der Waals surface area contributed by atoms with Crippen LogP contribution >= 0.6 is 0 Å². The van der Waals surface area contributed by atoms with Gasteiger partial charge in [-0.15, -0.1) is 0 Å². The van der Waals surface area contributed by atoms with Gasteiger partial charge in [-0.05, 0) is 61.7 Å². The van der Waals surface area contributed by atoms with Crippen LogP contribution in [0.5, 0.6) is 0 Å². The van der Waals surface area contributed by atoms with Crippen LogP contribution in [0, 0.1) is 29.6 Å². The summed E-state index contributed by atoms with van der Waals surface area (Å²) in [6.45, 7) is 1.04. The molecule has 2 N–H and O–H groups in total. The van der Waals surface area contributed by atoms with Gasteiger partial charge < -0.3 is 15.3 Å². The van der Waals surface area contributed by atoms with Gasteiger partial charge in [0.2, 0.25) is 0 Å². The predicted octanol–water partition coefficient (Wildman–Crippen LogP) is 2.17. The molecule has 0 unspecified atom stereocenters. The monoisotopic (exact) mass is 294 g/mol. The van der Waals surface area contributed by atoms with Crippen molar-refractivity contribution in [2.24, 2.45) is 29.6 Å². The van der Waals surface area contributed by atoms with Gasteiger partial charge in [0, 0.05) is 20.1 Å². The number of carboxylic acid groups (broad SMARTS) is 1. The number of carbonyl (C=O) groups excluding carboxylic acids is 1. The summed E-state index contributed by atoms with van der Waals surface area (Å²) in [7, 11) is 1.66. The van der Waals surface area contributed by atoms with Gasteiger partial charge in [-0.3, -0.25) is 4.79 Å². The number of carbonyl (C=O) groups is 2. The Labute approximate surface area is 126 Å². The van der Waals surface area contributed by atoms with Crippen LogP contribution in [-0.2, 0) is 4.79 Å². The van der Waals surface area contributed by atoms with Gasteiger partial charge >= 0.3 is 12.0 Å². The van der Waals surface area contributed by atoms with Gasteiger partial charge in [-0.25, -0.2) is 4.79 Å². The zero-order valence-electron chi connectivity index (χ0n) is 12.8. The van der Waals surface area contributed by atoms with Crippen molar-refractivity contribution >= 4 is 12.0 Å². The van der Waals surface area contributed by atoms with E-state index < -0.39 is 5.97 Å². The number of urea groups is 1. The molecule has 0 atom stereocenters. The minimum absolute atomic E-state index is 0.00194. The van der Waals surface area contributed by atoms with Crippen LogP contribution in [0.1, 0.15) is 38.5 Å². The van der Waals surface area contributed by atoms with Gasteiger partial charge in [0.1, 0.15) is 0 Å². The molecule has 4 aliphatic rings. The van der Waals surface area contributed by atoms with Gasteiger partial charge in [0.25, 0.3) is 0 Å². The second-order valence-corrected chi connectivity index (χ2v) is 7.35. The second-order valence-electron chi connectivity index (χ2n) is 7.35. The van der Waals surface area contributed by atoms with Gasteiger partial charge in [-0.1, -0.05) is 0 Å². The minimum Gasteiger partial charge on any atom is -0.481 e. The van der Waals surface area contributed by atoms with E-state index in [0.29, 0.717) is 5.92 Å². The molecule has 0 aromatic heterocycles. The molecule has 2 amide bonds. The van der Waals surface area contributed by atoms with Crippen molar-refractivity contribution in [3.05, 3.63) is 0 Å². The summed E-state index contributed by atoms with van der Waals surface area (Å²) in [5.74, 6) is 3.32. The molecule has 21 heavy (non-hydrogen) atoms. The van der Waals surface area contributed by atoms with E-state index in [4.69, 9.17) is 5.11 Å². The largest absolute Gasteiger partial charge is 0.481 e. The fourth-order valence-corrected chi connectivity index (χ4v) is 5.08. The molecule has 5 nitrogen and oxygen atoms in total. The van der Waals surface area contributed by atoms with Crippen LogP contribution in [0.2, 0.25) is 0 Å². The Bertz CT molecular complexity index is 396. The molecule has 4 saturated carbocycles. The highest BCUT2D eigenvalue weighted by molar-refractivity contribution is 5.75.